The Morgan fingerprint density at radius 2 is 2.42 bits per heavy atom. The van der Waals surface area contributed by atoms with Crippen LogP contribution < -0.4 is 10.6 Å². The maximum absolute atomic E-state index is 11.9. The molecule has 1 saturated heterocycles. The van der Waals surface area contributed by atoms with Crippen molar-refractivity contribution in [1.82, 2.24) is 20.8 Å². The Hall–Kier alpha value is -1.43. The van der Waals surface area contributed by atoms with Gasteiger partial charge in [-0.2, -0.15) is 4.98 Å². The molecule has 0 spiro atoms. The SMILES string of the molecule is CCCC1(c2nc(C(=O)NC3CC3)no2)CCNC1. The molecule has 6 nitrogen and oxygen atoms in total. The number of carbonyl (C=O) groups is 1. The second kappa shape index (κ2) is 4.92. The number of amides is 1. The van der Waals surface area contributed by atoms with Crippen molar-refractivity contribution in [3.8, 4) is 0 Å². The quantitative estimate of drug-likeness (QED) is 0.829. The fourth-order valence-corrected chi connectivity index (χ4v) is 2.73. The number of nitrogens with zero attached hydrogens (tertiary/aromatic N) is 2. The molecule has 1 aliphatic carbocycles. The minimum absolute atomic E-state index is 0.0835. The maximum Gasteiger partial charge on any atom is 0.292 e. The van der Waals surface area contributed by atoms with E-state index in [-0.39, 0.29) is 17.1 Å². The molecule has 2 N–H and O–H groups in total. The van der Waals surface area contributed by atoms with Gasteiger partial charge in [0.25, 0.3) is 11.7 Å². The molecule has 1 aliphatic heterocycles. The molecule has 1 unspecified atom stereocenters. The Balaban J connectivity index is 1.76. The van der Waals surface area contributed by atoms with E-state index in [9.17, 15) is 4.79 Å². The lowest BCUT2D eigenvalue weighted by atomic mass is 9.82. The molecule has 1 atom stereocenters. The third-order valence-electron chi connectivity index (χ3n) is 3.97. The molecule has 1 saturated carbocycles. The molecular weight excluding hydrogens is 244 g/mol. The summed E-state index contributed by atoms with van der Waals surface area (Å²) in [5.74, 6) is 0.569. The monoisotopic (exact) mass is 264 g/mol. The van der Waals surface area contributed by atoms with E-state index in [1.54, 1.807) is 0 Å². The van der Waals surface area contributed by atoms with Crippen LogP contribution in [0.25, 0.3) is 0 Å². The molecule has 1 amide bonds. The van der Waals surface area contributed by atoms with Crippen LogP contribution in [0.15, 0.2) is 4.52 Å². The molecule has 1 aromatic heterocycles. The van der Waals surface area contributed by atoms with E-state index in [0.29, 0.717) is 11.9 Å². The minimum Gasteiger partial charge on any atom is -0.346 e. The maximum atomic E-state index is 11.9. The van der Waals surface area contributed by atoms with Crippen LogP contribution in [-0.4, -0.2) is 35.2 Å². The highest BCUT2D eigenvalue weighted by Crippen LogP contribution is 2.34. The van der Waals surface area contributed by atoms with Crippen molar-refractivity contribution >= 4 is 5.91 Å². The van der Waals surface area contributed by atoms with Crippen LogP contribution in [0, 0.1) is 0 Å². The summed E-state index contributed by atoms with van der Waals surface area (Å²) in [7, 11) is 0. The summed E-state index contributed by atoms with van der Waals surface area (Å²) >= 11 is 0. The first-order chi connectivity index (χ1) is 9.23. The van der Waals surface area contributed by atoms with Crippen molar-refractivity contribution in [3.63, 3.8) is 0 Å². The Morgan fingerprint density at radius 3 is 3.05 bits per heavy atom. The van der Waals surface area contributed by atoms with Gasteiger partial charge in [0, 0.05) is 12.6 Å². The Bertz CT molecular complexity index is 461. The second-order valence-electron chi connectivity index (χ2n) is 5.63. The highest BCUT2D eigenvalue weighted by atomic mass is 16.5. The van der Waals surface area contributed by atoms with Crippen LogP contribution >= 0.6 is 0 Å². The summed E-state index contributed by atoms with van der Waals surface area (Å²) in [5, 5.41) is 10.1. The van der Waals surface area contributed by atoms with Crippen LogP contribution in [0.4, 0.5) is 0 Å². The van der Waals surface area contributed by atoms with E-state index in [1.807, 2.05) is 0 Å². The standard InChI is InChI=1S/C13H20N4O2/c1-2-5-13(6-7-14-8-13)12-16-10(17-19-12)11(18)15-9-3-4-9/h9,14H,2-8H2,1H3,(H,15,18). The summed E-state index contributed by atoms with van der Waals surface area (Å²) in [6.45, 7) is 3.97. The van der Waals surface area contributed by atoms with Crippen LogP contribution in [0.1, 0.15) is 55.5 Å². The van der Waals surface area contributed by atoms with Crippen molar-refractivity contribution in [2.75, 3.05) is 13.1 Å². The summed E-state index contributed by atoms with van der Waals surface area (Å²) in [4.78, 5) is 16.2. The van der Waals surface area contributed by atoms with E-state index in [0.717, 1.165) is 45.2 Å². The Morgan fingerprint density at radius 1 is 1.58 bits per heavy atom. The van der Waals surface area contributed by atoms with E-state index in [1.165, 1.54) is 0 Å². The normalized spacial score (nSPS) is 26.6. The first-order valence-corrected chi connectivity index (χ1v) is 7.09. The van der Waals surface area contributed by atoms with E-state index in [2.05, 4.69) is 27.7 Å². The van der Waals surface area contributed by atoms with E-state index >= 15 is 0 Å². The van der Waals surface area contributed by atoms with Gasteiger partial charge in [0.2, 0.25) is 5.89 Å². The third kappa shape index (κ3) is 2.49. The molecule has 2 fully saturated rings. The van der Waals surface area contributed by atoms with Crippen molar-refractivity contribution in [1.29, 1.82) is 0 Å². The first kappa shape index (κ1) is 12.6. The first-order valence-electron chi connectivity index (χ1n) is 7.09. The lowest BCUT2D eigenvalue weighted by Crippen LogP contribution is -2.30. The van der Waals surface area contributed by atoms with Gasteiger partial charge in [0.1, 0.15) is 0 Å². The topological polar surface area (TPSA) is 80.1 Å². The van der Waals surface area contributed by atoms with Crippen LogP contribution in [-0.2, 0) is 5.41 Å². The third-order valence-corrected chi connectivity index (χ3v) is 3.97. The zero-order valence-electron chi connectivity index (χ0n) is 11.2. The number of nitrogens with one attached hydrogen (secondary N) is 2. The smallest absolute Gasteiger partial charge is 0.292 e. The Kier molecular flexibility index (Phi) is 3.26. The van der Waals surface area contributed by atoms with Crippen LogP contribution in [0.3, 0.4) is 0 Å². The number of rotatable bonds is 5. The summed E-state index contributed by atoms with van der Waals surface area (Å²) in [6.07, 6.45) is 5.17. The summed E-state index contributed by atoms with van der Waals surface area (Å²) in [5.41, 5.74) is -0.0835. The van der Waals surface area contributed by atoms with Gasteiger partial charge < -0.3 is 15.2 Å². The van der Waals surface area contributed by atoms with E-state index < -0.39 is 0 Å². The van der Waals surface area contributed by atoms with E-state index in [4.69, 9.17) is 4.52 Å². The van der Waals surface area contributed by atoms with Crippen molar-refractivity contribution in [2.24, 2.45) is 0 Å². The fourth-order valence-electron chi connectivity index (χ4n) is 2.73. The number of hydrogen-bond donors (Lipinski definition) is 2. The molecule has 0 radical (unpaired) electrons. The predicted molar refractivity (Wildman–Crippen MR) is 68.9 cm³/mol. The zero-order chi connectivity index (χ0) is 13.3. The van der Waals surface area contributed by atoms with Crippen molar-refractivity contribution < 1.29 is 9.32 Å². The molecule has 1 aromatic rings. The van der Waals surface area contributed by atoms with Gasteiger partial charge in [-0.25, -0.2) is 0 Å². The number of hydrogen-bond acceptors (Lipinski definition) is 5. The van der Waals surface area contributed by atoms with Gasteiger partial charge >= 0.3 is 0 Å². The van der Waals surface area contributed by atoms with Crippen LogP contribution in [0.2, 0.25) is 0 Å². The average Bonchev–Trinajstić information content (AvgIpc) is 2.93. The van der Waals surface area contributed by atoms with Gasteiger partial charge in [-0.3, -0.25) is 4.79 Å². The fraction of sp³-hybridized carbons (Fsp3) is 0.769. The van der Waals surface area contributed by atoms with Gasteiger partial charge in [-0.05, 0) is 32.2 Å². The average molecular weight is 264 g/mol. The summed E-state index contributed by atoms with van der Waals surface area (Å²) in [6, 6.07) is 0.312. The van der Waals surface area contributed by atoms with Gasteiger partial charge in [-0.1, -0.05) is 18.5 Å². The zero-order valence-corrected chi connectivity index (χ0v) is 11.2. The molecule has 19 heavy (non-hydrogen) atoms. The van der Waals surface area contributed by atoms with Crippen molar-refractivity contribution in [3.05, 3.63) is 11.7 Å². The molecule has 0 aromatic carbocycles. The molecule has 3 rings (SSSR count). The lowest BCUT2D eigenvalue weighted by molar-refractivity contribution is 0.0937. The minimum atomic E-state index is -0.213. The molecule has 2 heterocycles. The Labute approximate surface area is 112 Å². The summed E-state index contributed by atoms with van der Waals surface area (Å²) < 4.78 is 5.37. The second-order valence-corrected chi connectivity index (χ2v) is 5.63. The number of aromatic nitrogens is 2. The highest BCUT2D eigenvalue weighted by Gasteiger charge is 2.40. The molecule has 2 aliphatic rings. The van der Waals surface area contributed by atoms with Gasteiger partial charge in [-0.15, -0.1) is 0 Å². The van der Waals surface area contributed by atoms with Gasteiger partial charge in [0.05, 0.1) is 5.41 Å². The largest absolute Gasteiger partial charge is 0.346 e. The lowest BCUT2D eigenvalue weighted by Gasteiger charge is -2.22. The highest BCUT2D eigenvalue weighted by molar-refractivity contribution is 5.90. The molecule has 104 valence electrons. The van der Waals surface area contributed by atoms with Crippen molar-refractivity contribution in [2.45, 2.75) is 50.5 Å². The van der Waals surface area contributed by atoms with Gasteiger partial charge in [0.15, 0.2) is 0 Å². The molecular formula is C13H20N4O2. The molecule has 6 heteroatoms. The number of carbonyl (C=O) groups excluding carboxylic acids is 1. The molecule has 0 bridgehead atoms. The van der Waals surface area contributed by atoms with Crippen LogP contribution in [0.5, 0.6) is 0 Å². The predicted octanol–water partition coefficient (Wildman–Crippen LogP) is 0.993.